The minimum absolute atomic E-state index is 0.0268. The zero-order chi connectivity index (χ0) is 21.6. The van der Waals surface area contributed by atoms with Gasteiger partial charge in [0.25, 0.3) is 0 Å². The normalized spacial score (nSPS) is 22.1. The number of allylic oxidation sites excluding steroid dienone is 2. The molecule has 0 radical (unpaired) electrons. The van der Waals surface area contributed by atoms with E-state index in [0.717, 1.165) is 0 Å². The second-order valence-corrected chi connectivity index (χ2v) is 7.63. The summed E-state index contributed by atoms with van der Waals surface area (Å²) in [5.41, 5.74) is -0.756. The molecule has 30 heavy (non-hydrogen) atoms. The average Bonchev–Trinajstić information content (AvgIpc) is 3.47. The van der Waals surface area contributed by atoms with E-state index in [1.165, 1.54) is 25.1 Å². The number of carbonyl (C=O) groups excluding carboxylic acids is 4. The van der Waals surface area contributed by atoms with Crippen LogP contribution < -0.4 is 0 Å². The average molecular weight is 406 g/mol. The highest BCUT2D eigenvalue weighted by atomic mass is 16.6. The number of Topliss-reactive ketones (excluding diaryl/α,β-unsaturated/α-hetero) is 4. The molecule has 3 N–H and O–H groups in total. The Morgan fingerprint density at radius 2 is 1.43 bits per heavy atom. The number of aliphatic hydroxyl groups excluding tert-OH is 1. The zero-order valence-electron chi connectivity index (χ0n) is 15.8. The van der Waals surface area contributed by atoms with Crippen molar-refractivity contribution in [1.29, 1.82) is 0 Å². The first kappa shape index (κ1) is 18.3. The van der Waals surface area contributed by atoms with Crippen LogP contribution in [0.25, 0.3) is 5.57 Å². The van der Waals surface area contributed by atoms with Gasteiger partial charge in [-0.1, -0.05) is 0 Å². The van der Waals surface area contributed by atoms with Crippen LogP contribution in [-0.2, 0) is 4.74 Å². The topological polar surface area (TPSA) is 142 Å². The molecule has 0 saturated carbocycles. The molecule has 1 saturated heterocycles. The number of ketones is 4. The van der Waals surface area contributed by atoms with Gasteiger partial charge in [0.15, 0.2) is 35.3 Å². The van der Waals surface area contributed by atoms with E-state index in [0.29, 0.717) is 5.56 Å². The van der Waals surface area contributed by atoms with Crippen molar-refractivity contribution in [2.24, 2.45) is 0 Å². The van der Waals surface area contributed by atoms with Crippen LogP contribution in [0.15, 0.2) is 24.0 Å². The van der Waals surface area contributed by atoms with Gasteiger partial charge in [-0.15, -0.1) is 0 Å². The zero-order valence-corrected chi connectivity index (χ0v) is 15.8. The fraction of sp³-hybridized carbons (Fsp3) is 0.182. The van der Waals surface area contributed by atoms with Crippen LogP contribution in [0.2, 0.25) is 0 Å². The molecule has 0 bridgehead atoms. The van der Waals surface area contributed by atoms with E-state index >= 15 is 0 Å². The summed E-state index contributed by atoms with van der Waals surface area (Å²) in [7, 11) is 0. The number of phenols is 2. The van der Waals surface area contributed by atoms with E-state index in [-0.39, 0.29) is 33.4 Å². The summed E-state index contributed by atoms with van der Waals surface area (Å²) in [5, 5.41) is 31.5. The molecular formula is C22H14O8. The number of aromatic hydroxyl groups is 2. The van der Waals surface area contributed by atoms with Gasteiger partial charge in [-0.2, -0.15) is 0 Å². The van der Waals surface area contributed by atoms with E-state index in [1.54, 1.807) is 6.92 Å². The highest BCUT2D eigenvalue weighted by Crippen LogP contribution is 2.46. The number of ether oxygens (including phenoxy) is 1. The van der Waals surface area contributed by atoms with Crippen LogP contribution in [0.1, 0.15) is 58.1 Å². The quantitative estimate of drug-likeness (QED) is 0.612. The maximum absolute atomic E-state index is 13.2. The molecule has 3 aliphatic rings. The van der Waals surface area contributed by atoms with Gasteiger partial charge in [0.1, 0.15) is 11.5 Å². The predicted molar refractivity (Wildman–Crippen MR) is 101 cm³/mol. The fourth-order valence-electron chi connectivity index (χ4n) is 4.26. The Hall–Kier alpha value is -3.78. The third-order valence-electron chi connectivity index (χ3n) is 5.68. The first-order chi connectivity index (χ1) is 14.1. The Bertz CT molecular complexity index is 1300. The van der Waals surface area contributed by atoms with Gasteiger partial charge in [-0.3, -0.25) is 19.2 Å². The SMILES string of the molecule is Cc1cc(O)c2c(c1)C(=O)C(c1c(C)cc3c(c1O)C(=O)[C@H]1O[C@H]1C3=O)=C(O)C2=O. The standard InChI is InChI=1S/C22H14O8/c1-6-3-8-12(10(23)4-6)18(27)19(28)14(15(8)24)11-7(2)5-9-13(17(11)26)20(29)22-21(30-22)16(9)25/h3-5,21-23,26,28H,1-2H3/t21-,22+/m0/s1. The first-order valence-electron chi connectivity index (χ1n) is 9.10. The minimum atomic E-state index is -0.985. The summed E-state index contributed by atoms with van der Waals surface area (Å²) < 4.78 is 5.08. The molecule has 2 atom stereocenters. The number of aryl methyl sites for hydroxylation is 2. The lowest BCUT2D eigenvalue weighted by atomic mass is 9.79. The number of phenolic OH excluding ortho intramolecular Hbond substituents is 2. The summed E-state index contributed by atoms with van der Waals surface area (Å²) in [6, 6.07) is 4.02. The van der Waals surface area contributed by atoms with Crippen molar-refractivity contribution in [3.05, 3.63) is 62.9 Å². The van der Waals surface area contributed by atoms with Crippen molar-refractivity contribution in [3.63, 3.8) is 0 Å². The van der Waals surface area contributed by atoms with E-state index in [1.807, 2.05) is 0 Å². The summed E-state index contributed by atoms with van der Waals surface area (Å²) in [6.45, 7) is 3.10. The molecule has 8 nitrogen and oxygen atoms in total. The first-order valence-corrected chi connectivity index (χ1v) is 9.10. The van der Waals surface area contributed by atoms with Gasteiger partial charge in [0, 0.05) is 16.7 Å². The van der Waals surface area contributed by atoms with Crippen molar-refractivity contribution >= 4 is 28.7 Å². The Morgan fingerprint density at radius 1 is 0.767 bits per heavy atom. The van der Waals surface area contributed by atoms with E-state index in [9.17, 15) is 34.5 Å². The lowest BCUT2D eigenvalue weighted by molar-refractivity contribution is 0.0919. The number of fused-ring (bicyclic) bond motifs is 3. The third kappa shape index (κ3) is 2.13. The molecule has 0 amide bonds. The van der Waals surface area contributed by atoms with Crippen LogP contribution in [0, 0.1) is 13.8 Å². The highest BCUT2D eigenvalue weighted by molar-refractivity contribution is 6.41. The smallest absolute Gasteiger partial charge is 0.232 e. The molecule has 0 aromatic heterocycles. The molecule has 1 heterocycles. The lowest BCUT2D eigenvalue weighted by Crippen LogP contribution is -2.27. The predicted octanol–water partition coefficient (Wildman–Crippen LogP) is 2.21. The maximum Gasteiger partial charge on any atom is 0.232 e. The number of carbonyl (C=O) groups is 4. The Morgan fingerprint density at radius 3 is 2.13 bits per heavy atom. The van der Waals surface area contributed by atoms with Gasteiger partial charge in [0.2, 0.25) is 5.78 Å². The van der Waals surface area contributed by atoms with Crippen molar-refractivity contribution in [3.8, 4) is 11.5 Å². The number of rotatable bonds is 1. The van der Waals surface area contributed by atoms with Crippen molar-refractivity contribution < 1.29 is 39.2 Å². The largest absolute Gasteiger partial charge is 0.507 e. The molecule has 2 aliphatic carbocycles. The van der Waals surface area contributed by atoms with Crippen LogP contribution in [0.5, 0.6) is 11.5 Å². The fourth-order valence-corrected chi connectivity index (χ4v) is 4.26. The Kier molecular flexibility index (Phi) is 3.43. The highest BCUT2D eigenvalue weighted by Gasteiger charge is 2.56. The van der Waals surface area contributed by atoms with E-state index < -0.39 is 58.2 Å². The molecule has 0 spiro atoms. The maximum atomic E-state index is 13.2. The van der Waals surface area contributed by atoms with Gasteiger partial charge in [0.05, 0.1) is 16.7 Å². The molecule has 150 valence electrons. The molecule has 2 aromatic carbocycles. The minimum Gasteiger partial charge on any atom is -0.507 e. The van der Waals surface area contributed by atoms with Gasteiger partial charge < -0.3 is 20.1 Å². The lowest BCUT2D eigenvalue weighted by Gasteiger charge is -2.23. The van der Waals surface area contributed by atoms with Crippen LogP contribution in [0.3, 0.4) is 0 Å². The molecule has 1 aliphatic heterocycles. The van der Waals surface area contributed by atoms with E-state index in [4.69, 9.17) is 4.74 Å². The summed E-state index contributed by atoms with van der Waals surface area (Å²) in [5.74, 6) is -4.90. The molecule has 8 heteroatoms. The van der Waals surface area contributed by atoms with E-state index in [2.05, 4.69) is 0 Å². The number of hydrogen-bond donors (Lipinski definition) is 3. The summed E-state index contributed by atoms with van der Waals surface area (Å²) >= 11 is 0. The van der Waals surface area contributed by atoms with Crippen molar-refractivity contribution in [1.82, 2.24) is 0 Å². The second kappa shape index (κ2) is 5.64. The monoisotopic (exact) mass is 406 g/mol. The molecule has 1 fully saturated rings. The number of hydrogen-bond acceptors (Lipinski definition) is 8. The Balaban J connectivity index is 1.79. The summed E-state index contributed by atoms with van der Waals surface area (Å²) in [4.78, 5) is 50.9. The van der Waals surface area contributed by atoms with Gasteiger partial charge in [-0.05, 0) is 43.2 Å². The molecule has 5 rings (SSSR count). The Labute approximate surface area is 169 Å². The molecule has 0 unspecified atom stereocenters. The summed E-state index contributed by atoms with van der Waals surface area (Å²) in [6.07, 6.45) is -1.84. The third-order valence-corrected chi connectivity index (χ3v) is 5.68. The number of aliphatic hydroxyl groups is 1. The van der Waals surface area contributed by atoms with Crippen LogP contribution in [-0.4, -0.2) is 50.7 Å². The number of benzene rings is 2. The van der Waals surface area contributed by atoms with Gasteiger partial charge in [-0.25, -0.2) is 0 Å². The van der Waals surface area contributed by atoms with Crippen LogP contribution in [0.4, 0.5) is 0 Å². The second-order valence-electron chi connectivity index (χ2n) is 7.63. The van der Waals surface area contributed by atoms with Crippen molar-refractivity contribution in [2.45, 2.75) is 26.1 Å². The molecular weight excluding hydrogens is 392 g/mol. The molecule has 2 aromatic rings. The van der Waals surface area contributed by atoms with Gasteiger partial charge >= 0.3 is 0 Å². The van der Waals surface area contributed by atoms with Crippen LogP contribution >= 0.6 is 0 Å². The number of epoxide rings is 1. The van der Waals surface area contributed by atoms with Crippen molar-refractivity contribution in [2.75, 3.05) is 0 Å².